The topological polar surface area (TPSA) is 83.8 Å². The number of hydrogen-bond acceptors (Lipinski definition) is 4. The summed E-state index contributed by atoms with van der Waals surface area (Å²) in [7, 11) is 3.96. The number of ether oxygens (including phenoxy) is 1. The molecule has 7 nitrogen and oxygen atoms in total. The minimum absolute atomic E-state index is 0.0553. The van der Waals surface area contributed by atoms with E-state index in [2.05, 4.69) is 15.0 Å². The quantitative estimate of drug-likeness (QED) is 0.243. The first-order valence-corrected chi connectivity index (χ1v) is 12.6. The minimum atomic E-state index is -5.08. The highest BCUT2D eigenvalue weighted by atomic mass is 35.5. The molecule has 14 heteroatoms. The van der Waals surface area contributed by atoms with E-state index in [0.29, 0.717) is 41.2 Å². The van der Waals surface area contributed by atoms with Crippen molar-refractivity contribution < 1.29 is 45.8 Å². The Hall–Kier alpha value is -3.71. The molecule has 0 saturated heterocycles. The third kappa shape index (κ3) is 8.40. The molecule has 0 saturated carbocycles. The number of rotatable bonds is 7. The maximum Gasteiger partial charge on any atom is 0.573 e. The summed E-state index contributed by atoms with van der Waals surface area (Å²) in [5, 5.41) is 10.1. The molecule has 4 rings (SSSR count). The number of nitrogens with one attached hydrogen (secondary N) is 1. The summed E-state index contributed by atoms with van der Waals surface area (Å²) in [6.45, 7) is 1.20. The fraction of sp³-hybridized carbons (Fsp3) is 0.333. The fourth-order valence-corrected chi connectivity index (χ4v) is 4.57. The lowest BCUT2D eigenvalue weighted by Gasteiger charge is -2.26. The predicted octanol–water partition coefficient (Wildman–Crippen LogP) is 6.33. The summed E-state index contributed by atoms with van der Waals surface area (Å²) < 4.78 is 76.2. The molecule has 1 amide bonds. The number of carboxylic acid groups (broad SMARTS) is 1. The number of carbonyl (C=O) groups is 2. The molecule has 2 N–H and O–H groups in total. The number of nitrogens with zero attached hydrogens (tertiary/aromatic N) is 2. The lowest BCUT2D eigenvalue weighted by Crippen LogP contribution is -2.39. The van der Waals surface area contributed by atoms with Gasteiger partial charge in [-0.25, -0.2) is 4.79 Å². The van der Waals surface area contributed by atoms with Crippen LogP contribution in [-0.2, 0) is 11.3 Å². The van der Waals surface area contributed by atoms with Gasteiger partial charge in [0.2, 0.25) is 0 Å². The molecule has 222 valence electrons. The highest BCUT2D eigenvalue weighted by Crippen LogP contribution is 2.41. The first-order valence-electron chi connectivity index (χ1n) is 12.1. The van der Waals surface area contributed by atoms with E-state index < -0.39 is 18.5 Å². The average Bonchev–Trinajstić information content (AvgIpc) is 3.27. The Morgan fingerprint density at radius 3 is 2.27 bits per heavy atom. The number of aromatic nitrogens is 1. The number of hydrogen-bond donors (Lipinski definition) is 2. The monoisotopic (exact) mass is 605 g/mol. The molecule has 1 atom stereocenters. The lowest BCUT2D eigenvalue weighted by molar-refractivity contribution is -0.274. The van der Waals surface area contributed by atoms with Crippen LogP contribution in [0.3, 0.4) is 0 Å². The summed E-state index contributed by atoms with van der Waals surface area (Å²) >= 11 is 6.01. The van der Waals surface area contributed by atoms with Crippen LogP contribution in [0, 0.1) is 0 Å². The largest absolute Gasteiger partial charge is 0.573 e. The highest BCUT2D eigenvalue weighted by molar-refractivity contribution is 6.17. The van der Waals surface area contributed by atoms with Crippen molar-refractivity contribution in [2.24, 2.45) is 0 Å². The minimum Gasteiger partial charge on any atom is -0.475 e. The molecule has 1 aliphatic rings. The summed E-state index contributed by atoms with van der Waals surface area (Å²) in [5.74, 6) is -2.89. The maximum absolute atomic E-state index is 13.0. The molecule has 1 unspecified atom stereocenters. The molecule has 1 aromatic heterocycles. The first-order chi connectivity index (χ1) is 19.1. The van der Waals surface area contributed by atoms with Gasteiger partial charge in [0, 0.05) is 36.3 Å². The SMILES string of the molecule is CN(C)Cc1ccc(-c2c(-c3cccc(OC(F)(F)F)c3)cn3c2C(=O)NCC3CCCl)cc1.O=C(O)C(F)(F)F. The van der Waals surface area contributed by atoms with Crippen molar-refractivity contribution in [3.05, 3.63) is 66.0 Å². The zero-order valence-electron chi connectivity index (χ0n) is 21.8. The standard InChI is InChI=1S/C25H25ClF3N3O2.C2HF3O2/c1-31(2)14-16-6-8-17(9-7-16)22-21(18-4-3-5-20(12-18)34-25(27,28)29)15-32-19(10-11-26)13-30-24(33)23(22)32;3-2(4,5)1(6)7/h3-9,12,15,19H,10-11,13-14H2,1-2H3,(H,30,33);(H,6,7). The summed E-state index contributed by atoms with van der Waals surface area (Å²) in [5.41, 5.74) is 4.22. The van der Waals surface area contributed by atoms with Gasteiger partial charge in [0.15, 0.2) is 0 Å². The van der Waals surface area contributed by atoms with Crippen LogP contribution >= 0.6 is 11.6 Å². The predicted molar refractivity (Wildman–Crippen MR) is 140 cm³/mol. The number of aliphatic carboxylic acids is 1. The lowest BCUT2D eigenvalue weighted by atomic mass is 9.95. The molecule has 0 bridgehead atoms. The molecule has 3 aromatic rings. The van der Waals surface area contributed by atoms with Crippen LogP contribution in [0.15, 0.2) is 54.7 Å². The summed E-state index contributed by atoms with van der Waals surface area (Å²) in [6.07, 6.45) is -7.41. The van der Waals surface area contributed by atoms with Crippen molar-refractivity contribution in [3.8, 4) is 28.0 Å². The molecule has 0 radical (unpaired) electrons. The second kappa shape index (κ2) is 12.9. The van der Waals surface area contributed by atoms with E-state index in [4.69, 9.17) is 21.5 Å². The van der Waals surface area contributed by atoms with Gasteiger partial charge in [-0.3, -0.25) is 4.79 Å². The first kappa shape index (κ1) is 31.8. The van der Waals surface area contributed by atoms with Gasteiger partial charge in [-0.05, 0) is 49.3 Å². The molecular formula is C27H26ClF6N3O4. The van der Waals surface area contributed by atoms with Crippen LogP contribution in [0.5, 0.6) is 5.75 Å². The third-order valence-electron chi connectivity index (χ3n) is 5.94. The van der Waals surface area contributed by atoms with E-state index in [0.717, 1.165) is 17.7 Å². The van der Waals surface area contributed by atoms with Crippen LogP contribution in [0.2, 0.25) is 0 Å². The van der Waals surface area contributed by atoms with Gasteiger partial charge in [-0.2, -0.15) is 13.2 Å². The van der Waals surface area contributed by atoms with Crippen LogP contribution in [0.1, 0.15) is 28.5 Å². The number of amides is 1. The van der Waals surface area contributed by atoms with Crippen LogP contribution in [0.4, 0.5) is 26.3 Å². The Bertz CT molecular complexity index is 1370. The van der Waals surface area contributed by atoms with Gasteiger partial charge in [0.1, 0.15) is 11.4 Å². The van der Waals surface area contributed by atoms with Crippen molar-refractivity contribution in [3.63, 3.8) is 0 Å². The van der Waals surface area contributed by atoms with Crippen LogP contribution in [-0.4, -0.2) is 65.5 Å². The Kier molecular flexibility index (Phi) is 9.98. The van der Waals surface area contributed by atoms with Crippen molar-refractivity contribution in [1.82, 2.24) is 14.8 Å². The second-order valence-electron chi connectivity index (χ2n) is 9.33. The van der Waals surface area contributed by atoms with E-state index in [1.807, 2.05) is 49.1 Å². The third-order valence-corrected chi connectivity index (χ3v) is 6.16. The number of carbonyl (C=O) groups excluding carboxylic acids is 1. The average molecular weight is 606 g/mol. The Morgan fingerprint density at radius 1 is 1.10 bits per heavy atom. The number of carboxylic acids is 1. The van der Waals surface area contributed by atoms with E-state index in [1.54, 1.807) is 6.07 Å². The fourth-order valence-electron chi connectivity index (χ4n) is 4.32. The van der Waals surface area contributed by atoms with Gasteiger partial charge < -0.3 is 24.6 Å². The summed E-state index contributed by atoms with van der Waals surface area (Å²) in [4.78, 5) is 23.9. The molecule has 0 spiro atoms. The Labute approximate surface area is 236 Å². The van der Waals surface area contributed by atoms with Gasteiger partial charge in [-0.15, -0.1) is 24.8 Å². The van der Waals surface area contributed by atoms with E-state index in [1.165, 1.54) is 18.2 Å². The number of fused-ring (bicyclic) bond motifs is 1. The van der Waals surface area contributed by atoms with E-state index in [-0.39, 0.29) is 17.7 Å². The number of halogens is 7. The molecule has 2 heterocycles. The van der Waals surface area contributed by atoms with Crippen molar-refractivity contribution in [1.29, 1.82) is 0 Å². The van der Waals surface area contributed by atoms with Gasteiger partial charge in [-0.1, -0.05) is 36.4 Å². The van der Waals surface area contributed by atoms with Gasteiger partial charge >= 0.3 is 18.5 Å². The second-order valence-corrected chi connectivity index (χ2v) is 9.71. The highest BCUT2D eigenvalue weighted by Gasteiger charge is 2.38. The molecular weight excluding hydrogens is 580 g/mol. The normalized spacial score (nSPS) is 15.1. The van der Waals surface area contributed by atoms with Gasteiger partial charge in [0.05, 0.1) is 6.04 Å². The molecule has 41 heavy (non-hydrogen) atoms. The van der Waals surface area contributed by atoms with Gasteiger partial charge in [0.25, 0.3) is 5.91 Å². The molecule has 0 fully saturated rings. The van der Waals surface area contributed by atoms with Crippen LogP contribution < -0.4 is 10.1 Å². The number of alkyl halides is 7. The van der Waals surface area contributed by atoms with Crippen LogP contribution in [0.25, 0.3) is 22.3 Å². The maximum atomic E-state index is 13.0. The van der Waals surface area contributed by atoms with E-state index >= 15 is 0 Å². The number of benzene rings is 2. The van der Waals surface area contributed by atoms with Crippen molar-refractivity contribution in [2.75, 3.05) is 26.5 Å². The summed E-state index contributed by atoms with van der Waals surface area (Å²) in [6, 6.07) is 13.6. The van der Waals surface area contributed by atoms with Crippen molar-refractivity contribution in [2.45, 2.75) is 31.5 Å². The zero-order chi connectivity index (χ0) is 30.5. The smallest absolute Gasteiger partial charge is 0.475 e. The molecule has 0 aliphatic carbocycles. The van der Waals surface area contributed by atoms with E-state index in [9.17, 15) is 31.1 Å². The zero-order valence-corrected chi connectivity index (χ0v) is 22.6. The van der Waals surface area contributed by atoms with Crippen molar-refractivity contribution >= 4 is 23.5 Å². The Morgan fingerprint density at radius 2 is 1.73 bits per heavy atom. The molecule has 2 aromatic carbocycles. The Balaban J connectivity index is 0.000000587. The molecule has 1 aliphatic heterocycles.